The van der Waals surface area contributed by atoms with Gasteiger partial charge in [-0.1, -0.05) is 59.6 Å². The van der Waals surface area contributed by atoms with Gasteiger partial charge < -0.3 is 19.3 Å². The molecule has 1 unspecified atom stereocenters. The third kappa shape index (κ3) is 3.52. The molecule has 2 aromatic heterocycles. The summed E-state index contributed by atoms with van der Waals surface area (Å²) in [6, 6.07) is 13.8. The molecule has 3 heterocycles. The van der Waals surface area contributed by atoms with Gasteiger partial charge in [-0.3, -0.25) is 0 Å². The predicted octanol–water partition coefficient (Wildman–Crippen LogP) is 3.00. The zero-order valence-corrected chi connectivity index (χ0v) is 19.3. The van der Waals surface area contributed by atoms with E-state index in [0.717, 1.165) is 0 Å². The summed E-state index contributed by atoms with van der Waals surface area (Å²) >= 11 is 12.8. The van der Waals surface area contributed by atoms with Gasteiger partial charge in [0.15, 0.2) is 0 Å². The molecule has 2 N–H and O–H groups in total. The molecule has 0 radical (unpaired) electrons. The van der Waals surface area contributed by atoms with Gasteiger partial charge in [0.05, 0.1) is 12.5 Å². The van der Waals surface area contributed by atoms with Crippen LogP contribution in [0.4, 0.5) is 6.01 Å². The molecule has 172 valence electrons. The van der Waals surface area contributed by atoms with E-state index in [4.69, 9.17) is 42.5 Å². The number of hydrogen-bond donors (Lipinski definition) is 1. The van der Waals surface area contributed by atoms with E-state index in [9.17, 15) is 9.59 Å². The fourth-order valence-corrected chi connectivity index (χ4v) is 4.44. The van der Waals surface area contributed by atoms with Crippen molar-refractivity contribution in [3.63, 3.8) is 0 Å². The lowest BCUT2D eigenvalue weighted by Crippen LogP contribution is -2.37. The number of fused-ring (bicyclic) bond motifs is 3. The molecule has 1 atom stereocenters. The van der Waals surface area contributed by atoms with Crippen LogP contribution in [0, 0.1) is 0 Å². The Morgan fingerprint density at radius 2 is 1.85 bits per heavy atom. The number of rotatable bonds is 4. The molecular weight excluding hydrogens is 481 g/mol. The van der Waals surface area contributed by atoms with E-state index in [2.05, 4.69) is 4.98 Å². The zero-order valence-electron chi connectivity index (χ0n) is 17.7. The van der Waals surface area contributed by atoms with Gasteiger partial charge in [0, 0.05) is 10.0 Å². The molecule has 0 saturated heterocycles. The number of hydrogen-bond acceptors (Lipinski definition) is 7. The standard InChI is InChI=1S/C24H17Cl2N3O5/c1-2-32-23(31)18-17(13-8-4-6-10-15(13)26)19-21(34-24(27)28-19)29-16(22(30)33-20(18)29)11-12-7-3-5-9-14(12)25/h3-11,17H,2H2,1H3,(H2,27,28)/b16-11+. The van der Waals surface area contributed by atoms with E-state index in [1.807, 2.05) is 0 Å². The zero-order chi connectivity index (χ0) is 24.0. The Morgan fingerprint density at radius 1 is 1.15 bits per heavy atom. The number of anilines is 1. The minimum absolute atomic E-state index is 0.0478. The predicted molar refractivity (Wildman–Crippen MR) is 126 cm³/mol. The molecule has 0 bridgehead atoms. The second kappa shape index (κ2) is 8.55. The summed E-state index contributed by atoms with van der Waals surface area (Å²) in [5.74, 6) is -1.40. The fourth-order valence-electron chi connectivity index (χ4n) is 4.00. The largest absolute Gasteiger partial charge is 0.462 e. The number of carbonyl (C=O) groups is 1. The number of nitrogens with two attached hydrogens (primary N) is 1. The number of nitrogens with zero attached hydrogens (tertiary/aromatic N) is 2. The molecular formula is C24H17Cl2N3O5. The van der Waals surface area contributed by atoms with Crippen molar-refractivity contribution in [1.29, 1.82) is 0 Å². The van der Waals surface area contributed by atoms with E-state index in [-0.39, 0.29) is 35.0 Å². The van der Waals surface area contributed by atoms with E-state index in [1.54, 1.807) is 61.5 Å². The Bertz CT molecular complexity index is 1620. The highest BCUT2D eigenvalue weighted by Gasteiger charge is 2.40. The molecule has 2 aromatic carbocycles. The normalized spacial score (nSPS) is 15.2. The third-order valence-electron chi connectivity index (χ3n) is 5.40. The fraction of sp³-hybridized carbons (Fsp3) is 0.125. The van der Waals surface area contributed by atoms with Crippen LogP contribution in [0.25, 0.3) is 17.5 Å². The second-order valence-electron chi connectivity index (χ2n) is 7.41. The molecule has 5 rings (SSSR count). The minimum Gasteiger partial charge on any atom is -0.462 e. The van der Waals surface area contributed by atoms with Gasteiger partial charge in [0.25, 0.3) is 6.01 Å². The van der Waals surface area contributed by atoms with E-state index in [1.165, 1.54) is 4.57 Å². The maximum absolute atomic E-state index is 13.2. The summed E-state index contributed by atoms with van der Waals surface area (Å²) < 4.78 is 18.0. The quantitative estimate of drug-likeness (QED) is 0.431. The number of carbonyl (C=O) groups excluding carboxylic acids is 1. The van der Waals surface area contributed by atoms with Crippen LogP contribution in [0.1, 0.15) is 29.7 Å². The summed E-state index contributed by atoms with van der Waals surface area (Å²) in [7, 11) is 0. The van der Waals surface area contributed by atoms with Crippen molar-refractivity contribution in [3.05, 3.63) is 96.7 Å². The summed E-state index contributed by atoms with van der Waals surface area (Å²) in [6.45, 7) is 1.78. The Hall–Kier alpha value is -3.75. The number of halogens is 2. The third-order valence-corrected chi connectivity index (χ3v) is 6.09. The average Bonchev–Trinajstić information content (AvgIpc) is 3.34. The van der Waals surface area contributed by atoms with Gasteiger partial charge in [-0.05, 0) is 36.3 Å². The van der Waals surface area contributed by atoms with Crippen molar-refractivity contribution in [1.82, 2.24) is 9.55 Å². The Labute approximate surface area is 202 Å². The van der Waals surface area contributed by atoms with Crippen LogP contribution in [-0.4, -0.2) is 22.1 Å². The van der Waals surface area contributed by atoms with Crippen LogP contribution in [0.3, 0.4) is 0 Å². The molecule has 34 heavy (non-hydrogen) atoms. The first kappa shape index (κ1) is 22.1. The first-order valence-corrected chi connectivity index (χ1v) is 11.1. The van der Waals surface area contributed by atoms with Crippen molar-refractivity contribution in [2.75, 3.05) is 12.3 Å². The summed E-state index contributed by atoms with van der Waals surface area (Å²) in [5, 5.41) is 0.876. The SMILES string of the molecule is CCOC(=O)C1=c2oc(=O)/c(=C\c3ccccc3Cl)n2-c2oc(N)nc2C1c1ccccc1Cl. The molecule has 8 nitrogen and oxygen atoms in total. The van der Waals surface area contributed by atoms with Gasteiger partial charge in [-0.25, -0.2) is 14.2 Å². The lowest BCUT2D eigenvalue weighted by Gasteiger charge is -2.22. The van der Waals surface area contributed by atoms with Crippen molar-refractivity contribution in [2.24, 2.45) is 0 Å². The molecule has 0 saturated carbocycles. The van der Waals surface area contributed by atoms with Gasteiger partial charge in [0.2, 0.25) is 11.4 Å². The Kier molecular flexibility index (Phi) is 5.55. The topological polar surface area (TPSA) is 113 Å². The highest BCUT2D eigenvalue weighted by atomic mass is 35.5. The van der Waals surface area contributed by atoms with Crippen LogP contribution in [0.5, 0.6) is 0 Å². The van der Waals surface area contributed by atoms with E-state index in [0.29, 0.717) is 26.9 Å². The van der Waals surface area contributed by atoms with Crippen LogP contribution in [0.15, 0.2) is 62.2 Å². The number of aromatic nitrogens is 2. The van der Waals surface area contributed by atoms with Crippen molar-refractivity contribution >= 4 is 46.8 Å². The van der Waals surface area contributed by atoms with Gasteiger partial charge >= 0.3 is 11.6 Å². The molecule has 0 aliphatic carbocycles. The maximum Gasteiger partial charge on any atom is 0.362 e. The monoisotopic (exact) mass is 497 g/mol. The van der Waals surface area contributed by atoms with Gasteiger partial charge in [-0.2, -0.15) is 4.98 Å². The maximum atomic E-state index is 13.2. The smallest absolute Gasteiger partial charge is 0.362 e. The molecule has 10 heteroatoms. The second-order valence-corrected chi connectivity index (χ2v) is 8.23. The van der Waals surface area contributed by atoms with Crippen molar-refractivity contribution in [2.45, 2.75) is 12.8 Å². The van der Waals surface area contributed by atoms with E-state index < -0.39 is 17.5 Å². The summed E-state index contributed by atoms with van der Waals surface area (Å²) in [4.78, 5) is 30.6. The van der Waals surface area contributed by atoms with Crippen LogP contribution in [-0.2, 0) is 9.53 Å². The molecule has 0 spiro atoms. The lowest BCUT2D eigenvalue weighted by molar-refractivity contribution is -0.136. The van der Waals surface area contributed by atoms with Gasteiger partial charge in [0.1, 0.15) is 16.6 Å². The molecule has 4 aromatic rings. The first-order valence-electron chi connectivity index (χ1n) is 10.3. The highest BCUT2D eigenvalue weighted by Crippen LogP contribution is 2.41. The van der Waals surface area contributed by atoms with Crippen molar-refractivity contribution < 1.29 is 18.4 Å². The molecule has 0 fully saturated rings. The molecule has 1 aliphatic rings. The molecule has 0 amide bonds. The van der Waals surface area contributed by atoms with Crippen LogP contribution in [0.2, 0.25) is 10.0 Å². The van der Waals surface area contributed by atoms with Crippen molar-refractivity contribution in [3.8, 4) is 5.88 Å². The number of oxazole rings is 2. The summed E-state index contributed by atoms with van der Waals surface area (Å²) in [5.41, 5.74) is 6.60. The number of ether oxygens (including phenoxy) is 1. The Balaban J connectivity index is 1.94. The summed E-state index contributed by atoms with van der Waals surface area (Å²) in [6.07, 6.45) is 1.54. The number of esters is 1. The number of benzene rings is 2. The minimum atomic E-state index is -0.845. The van der Waals surface area contributed by atoms with Crippen LogP contribution < -0.4 is 22.3 Å². The first-order chi connectivity index (χ1) is 16.4. The lowest BCUT2D eigenvalue weighted by atomic mass is 9.87. The van der Waals surface area contributed by atoms with E-state index >= 15 is 0 Å². The van der Waals surface area contributed by atoms with Gasteiger partial charge in [-0.15, -0.1) is 0 Å². The number of nitrogen functional groups attached to an aromatic ring is 1. The average molecular weight is 498 g/mol. The van der Waals surface area contributed by atoms with Crippen LogP contribution >= 0.6 is 23.2 Å². The highest BCUT2D eigenvalue weighted by molar-refractivity contribution is 6.32. The Morgan fingerprint density at radius 3 is 2.56 bits per heavy atom. The molecule has 1 aliphatic heterocycles.